The van der Waals surface area contributed by atoms with Gasteiger partial charge in [-0.3, -0.25) is 9.69 Å². The summed E-state index contributed by atoms with van der Waals surface area (Å²) in [5.74, 6) is 0. The van der Waals surface area contributed by atoms with Crippen LogP contribution in [0.25, 0.3) is 4.96 Å². The van der Waals surface area contributed by atoms with Crippen LogP contribution in [0.4, 0.5) is 0 Å². The number of hydrogen-bond acceptors (Lipinski definition) is 6. The van der Waals surface area contributed by atoms with Gasteiger partial charge < -0.3 is 4.74 Å². The maximum Gasteiger partial charge on any atom is 0.275 e. The number of ether oxygens (including phenoxy) is 1. The van der Waals surface area contributed by atoms with Crippen molar-refractivity contribution in [1.82, 2.24) is 19.5 Å². The smallest absolute Gasteiger partial charge is 0.275 e. The molecule has 0 aliphatic carbocycles. The zero-order valence-electron chi connectivity index (χ0n) is 15.5. The molecule has 144 valence electrons. The highest BCUT2D eigenvalue weighted by atomic mass is 35.5. The Balaban J connectivity index is 1.81. The quantitative estimate of drug-likeness (QED) is 0.545. The normalized spacial score (nSPS) is 11.6. The van der Waals surface area contributed by atoms with Crippen molar-refractivity contribution in [3.63, 3.8) is 0 Å². The van der Waals surface area contributed by atoms with Crippen LogP contribution < -0.4 is 5.56 Å². The number of halogens is 1. The van der Waals surface area contributed by atoms with E-state index in [-0.39, 0.29) is 5.56 Å². The molecule has 0 saturated heterocycles. The molecular weight excluding hydrogens is 384 g/mol. The van der Waals surface area contributed by atoms with Gasteiger partial charge in [-0.25, -0.2) is 4.98 Å². The van der Waals surface area contributed by atoms with E-state index in [1.54, 1.807) is 13.2 Å². The van der Waals surface area contributed by atoms with Crippen LogP contribution in [0.15, 0.2) is 35.1 Å². The summed E-state index contributed by atoms with van der Waals surface area (Å²) in [5.41, 5.74) is 1.76. The third kappa shape index (κ3) is 5.35. The van der Waals surface area contributed by atoms with Crippen LogP contribution in [-0.4, -0.2) is 39.8 Å². The van der Waals surface area contributed by atoms with Crippen molar-refractivity contribution in [3.05, 3.63) is 62.0 Å². The van der Waals surface area contributed by atoms with Crippen LogP contribution in [0.5, 0.6) is 0 Å². The number of aryl methyl sites for hydroxylation is 1. The van der Waals surface area contributed by atoms with Crippen molar-refractivity contribution >= 4 is 27.9 Å². The Morgan fingerprint density at radius 3 is 2.74 bits per heavy atom. The third-order valence-corrected chi connectivity index (χ3v) is 5.34. The maximum atomic E-state index is 12.4. The fraction of sp³-hybridized carbons (Fsp3) is 0.421. The first-order valence-electron chi connectivity index (χ1n) is 8.93. The van der Waals surface area contributed by atoms with Gasteiger partial charge in [0.15, 0.2) is 0 Å². The molecule has 8 heteroatoms. The molecule has 0 amide bonds. The minimum Gasteiger partial charge on any atom is -0.383 e. The van der Waals surface area contributed by atoms with Gasteiger partial charge in [-0.15, -0.1) is 0 Å². The lowest BCUT2D eigenvalue weighted by molar-refractivity contribution is 0.139. The molecule has 0 aliphatic rings. The first-order valence-corrected chi connectivity index (χ1v) is 10.1. The van der Waals surface area contributed by atoms with Crippen molar-refractivity contribution < 1.29 is 4.74 Å². The molecule has 0 fully saturated rings. The zero-order chi connectivity index (χ0) is 19.2. The molecule has 3 rings (SSSR count). The summed E-state index contributed by atoms with van der Waals surface area (Å²) in [4.78, 5) is 19.9. The SMILES string of the molecule is CCCc1nn2c(=O)cc(CN(CCOC)Cc3ccc(Cl)cc3)nc2s1. The maximum absolute atomic E-state index is 12.4. The van der Waals surface area contributed by atoms with E-state index >= 15 is 0 Å². The molecule has 2 heterocycles. The molecule has 2 aromatic heterocycles. The van der Waals surface area contributed by atoms with E-state index < -0.39 is 0 Å². The second kappa shape index (κ2) is 9.41. The van der Waals surface area contributed by atoms with E-state index in [4.69, 9.17) is 16.3 Å². The summed E-state index contributed by atoms with van der Waals surface area (Å²) in [6.07, 6.45) is 1.85. The van der Waals surface area contributed by atoms with E-state index in [1.165, 1.54) is 15.9 Å². The molecule has 0 spiro atoms. The van der Waals surface area contributed by atoms with Crippen LogP contribution in [-0.2, 0) is 24.2 Å². The van der Waals surface area contributed by atoms with Gasteiger partial charge in [-0.2, -0.15) is 9.61 Å². The number of rotatable bonds is 9. The number of methoxy groups -OCH3 is 1. The number of nitrogens with zero attached hydrogens (tertiary/aromatic N) is 4. The topological polar surface area (TPSA) is 59.7 Å². The van der Waals surface area contributed by atoms with Gasteiger partial charge in [-0.05, 0) is 24.1 Å². The van der Waals surface area contributed by atoms with Gasteiger partial charge in [0, 0.05) is 44.3 Å². The molecule has 0 aliphatic heterocycles. The standard InChI is InChI=1S/C19H23ClN4O2S/c1-3-4-17-22-24-18(25)11-16(21-19(24)27-17)13-23(9-10-26-2)12-14-5-7-15(20)8-6-14/h5-8,11H,3-4,9-10,12-13H2,1-2H3. The molecule has 0 saturated carbocycles. The monoisotopic (exact) mass is 406 g/mol. The molecular formula is C19H23ClN4O2S. The van der Waals surface area contributed by atoms with E-state index in [2.05, 4.69) is 21.9 Å². The van der Waals surface area contributed by atoms with Gasteiger partial charge in [0.25, 0.3) is 5.56 Å². The highest BCUT2D eigenvalue weighted by molar-refractivity contribution is 7.16. The highest BCUT2D eigenvalue weighted by Gasteiger charge is 2.12. The van der Waals surface area contributed by atoms with E-state index in [9.17, 15) is 4.79 Å². The van der Waals surface area contributed by atoms with Crippen LogP contribution in [0.2, 0.25) is 5.02 Å². The lowest BCUT2D eigenvalue weighted by Crippen LogP contribution is -2.28. The molecule has 0 N–H and O–H groups in total. The van der Waals surface area contributed by atoms with Gasteiger partial charge in [-0.1, -0.05) is 42.0 Å². The first-order chi connectivity index (χ1) is 13.1. The van der Waals surface area contributed by atoms with Crippen LogP contribution in [0.3, 0.4) is 0 Å². The van der Waals surface area contributed by atoms with Crippen molar-refractivity contribution in [3.8, 4) is 0 Å². The number of benzene rings is 1. The number of aromatic nitrogens is 3. The van der Waals surface area contributed by atoms with Crippen LogP contribution in [0.1, 0.15) is 29.6 Å². The van der Waals surface area contributed by atoms with Gasteiger partial charge in [0.2, 0.25) is 4.96 Å². The summed E-state index contributed by atoms with van der Waals surface area (Å²) in [7, 11) is 1.68. The summed E-state index contributed by atoms with van der Waals surface area (Å²) >= 11 is 7.46. The van der Waals surface area contributed by atoms with Gasteiger partial charge >= 0.3 is 0 Å². The zero-order valence-corrected chi connectivity index (χ0v) is 17.1. The second-order valence-corrected chi connectivity index (χ2v) is 7.83. The molecule has 0 unspecified atom stereocenters. The largest absolute Gasteiger partial charge is 0.383 e. The molecule has 3 aromatic rings. The van der Waals surface area contributed by atoms with Gasteiger partial charge in [0.1, 0.15) is 5.01 Å². The Morgan fingerprint density at radius 2 is 2.04 bits per heavy atom. The summed E-state index contributed by atoms with van der Waals surface area (Å²) in [5, 5.41) is 6.02. The third-order valence-electron chi connectivity index (χ3n) is 4.12. The Kier molecular flexibility index (Phi) is 6.95. The lowest BCUT2D eigenvalue weighted by Gasteiger charge is -2.21. The average Bonchev–Trinajstić information content (AvgIpc) is 3.05. The summed E-state index contributed by atoms with van der Waals surface area (Å²) in [6.45, 7) is 4.74. The second-order valence-electron chi connectivity index (χ2n) is 6.36. The molecule has 6 nitrogen and oxygen atoms in total. The lowest BCUT2D eigenvalue weighted by atomic mass is 10.2. The van der Waals surface area contributed by atoms with Gasteiger partial charge in [0.05, 0.1) is 12.3 Å². The van der Waals surface area contributed by atoms with Crippen LogP contribution >= 0.6 is 22.9 Å². The van der Waals surface area contributed by atoms with Crippen LogP contribution in [0, 0.1) is 0 Å². The summed E-state index contributed by atoms with van der Waals surface area (Å²) < 4.78 is 6.63. The molecule has 0 atom stereocenters. The van der Waals surface area contributed by atoms with Crippen molar-refractivity contribution in [2.24, 2.45) is 0 Å². The Morgan fingerprint density at radius 1 is 1.26 bits per heavy atom. The van der Waals surface area contributed by atoms with E-state index in [1.807, 2.05) is 24.3 Å². The molecule has 0 bridgehead atoms. The fourth-order valence-corrected chi connectivity index (χ4v) is 3.95. The van der Waals surface area contributed by atoms with E-state index in [0.29, 0.717) is 18.1 Å². The van der Waals surface area contributed by atoms with Crippen molar-refractivity contribution in [2.75, 3.05) is 20.3 Å². The summed E-state index contributed by atoms with van der Waals surface area (Å²) in [6, 6.07) is 9.36. The Labute approximate surface area is 167 Å². The van der Waals surface area contributed by atoms with E-state index in [0.717, 1.165) is 47.2 Å². The number of hydrogen-bond donors (Lipinski definition) is 0. The predicted octanol–water partition coefficient (Wildman–Crippen LogP) is 3.41. The molecule has 27 heavy (non-hydrogen) atoms. The molecule has 1 aromatic carbocycles. The Hall–Kier alpha value is -1.80. The first kappa shape index (κ1) is 19.9. The minimum atomic E-state index is -0.133. The van der Waals surface area contributed by atoms with Crippen molar-refractivity contribution in [1.29, 1.82) is 0 Å². The minimum absolute atomic E-state index is 0.133. The predicted molar refractivity (Wildman–Crippen MR) is 109 cm³/mol. The molecule has 0 radical (unpaired) electrons. The fourth-order valence-electron chi connectivity index (χ4n) is 2.80. The number of fused-ring (bicyclic) bond motifs is 1. The average molecular weight is 407 g/mol. The highest BCUT2D eigenvalue weighted by Crippen LogP contribution is 2.15. The Bertz CT molecular complexity index is 939. The van der Waals surface area contributed by atoms with Crippen molar-refractivity contribution in [2.45, 2.75) is 32.9 Å².